The highest BCUT2D eigenvalue weighted by molar-refractivity contribution is 5.92. The van der Waals surface area contributed by atoms with Crippen molar-refractivity contribution >= 4 is 18.0 Å². The minimum Gasteiger partial charge on any atom is -0.495 e. The third-order valence-electron chi connectivity index (χ3n) is 5.31. The maximum absolute atomic E-state index is 12.4. The number of aliphatic carboxylic acids is 1. The Morgan fingerprint density at radius 3 is 2.57 bits per heavy atom. The number of carboxylic acid groups (broad SMARTS) is 1. The number of aromatic nitrogens is 2. The number of hydrogen-bond acceptors (Lipinski definition) is 4. The number of carbonyl (C=O) groups excluding carboxylic acids is 1. The number of ether oxygens (including phenoxy) is 1. The molecule has 10 heteroatoms. The Morgan fingerprint density at radius 2 is 1.94 bits per heavy atom. The van der Waals surface area contributed by atoms with Crippen LogP contribution in [0, 0.1) is 6.92 Å². The second kappa shape index (κ2) is 10.9. The van der Waals surface area contributed by atoms with Gasteiger partial charge in [0.05, 0.1) is 30.9 Å². The molecule has 7 nitrogen and oxygen atoms in total. The molecule has 0 unspecified atom stereocenters. The molecular weight excluding hydrogens is 463 g/mol. The predicted octanol–water partition coefficient (Wildman–Crippen LogP) is 4.64. The molecule has 2 aromatic carbocycles. The van der Waals surface area contributed by atoms with Gasteiger partial charge in [-0.1, -0.05) is 30.3 Å². The van der Waals surface area contributed by atoms with Gasteiger partial charge in [0.1, 0.15) is 5.75 Å². The predicted molar refractivity (Wildman–Crippen MR) is 123 cm³/mol. The first-order valence-electron chi connectivity index (χ1n) is 10.6. The molecule has 0 saturated carbocycles. The van der Waals surface area contributed by atoms with E-state index in [1.54, 1.807) is 19.5 Å². The van der Waals surface area contributed by atoms with Crippen LogP contribution in [0.5, 0.6) is 5.75 Å². The largest absolute Gasteiger partial charge is 0.495 e. The van der Waals surface area contributed by atoms with Crippen LogP contribution in [-0.2, 0) is 16.0 Å². The van der Waals surface area contributed by atoms with Crippen molar-refractivity contribution < 1.29 is 32.6 Å². The van der Waals surface area contributed by atoms with E-state index >= 15 is 0 Å². The lowest BCUT2D eigenvalue weighted by Crippen LogP contribution is -2.25. The summed E-state index contributed by atoms with van der Waals surface area (Å²) >= 11 is 0. The van der Waals surface area contributed by atoms with Crippen LogP contribution in [-0.4, -0.2) is 39.8 Å². The topological polar surface area (TPSA) is 93.5 Å². The molecule has 3 aromatic rings. The number of fused-ring (bicyclic) bond motifs is 1. The smallest absolute Gasteiger partial charge is 0.490 e. The van der Waals surface area contributed by atoms with Crippen molar-refractivity contribution in [2.45, 2.75) is 32.0 Å². The van der Waals surface area contributed by atoms with Crippen LogP contribution in [0.25, 0.3) is 11.8 Å². The average Bonchev–Trinajstić information content (AvgIpc) is 3.43. The zero-order chi connectivity index (χ0) is 25.6. The van der Waals surface area contributed by atoms with E-state index in [4.69, 9.17) is 14.6 Å². The van der Waals surface area contributed by atoms with Crippen LogP contribution >= 0.6 is 0 Å². The van der Waals surface area contributed by atoms with E-state index in [1.807, 2.05) is 54.1 Å². The number of amides is 1. The second-order valence-electron chi connectivity index (χ2n) is 7.79. The van der Waals surface area contributed by atoms with Crippen LogP contribution in [0.3, 0.4) is 0 Å². The lowest BCUT2D eigenvalue weighted by Gasteiger charge is -2.12. The molecule has 1 amide bonds. The minimum atomic E-state index is -5.08. The maximum atomic E-state index is 12.4. The Morgan fingerprint density at radius 1 is 1.23 bits per heavy atom. The number of nitrogens with one attached hydrogen (secondary N) is 1. The van der Waals surface area contributed by atoms with Gasteiger partial charge in [-0.15, -0.1) is 0 Å². The zero-order valence-corrected chi connectivity index (χ0v) is 19.0. The Labute approximate surface area is 199 Å². The summed E-state index contributed by atoms with van der Waals surface area (Å²) in [5.74, 6) is -2.12. The zero-order valence-electron chi connectivity index (χ0n) is 19.0. The van der Waals surface area contributed by atoms with Gasteiger partial charge < -0.3 is 19.7 Å². The van der Waals surface area contributed by atoms with E-state index in [0.717, 1.165) is 35.5 Å². The van der Waals surface area contributed by atoms with Gasteiger partial charge in [-0.25, -0.2) is 9.78 Å². The standard InChI is InChI=1S/C23H23N3O2.C2HF3O2/c1-16-14-26(15-24-16)21-11-7-17(13-22(21)28-2)8-12-23(27)25-20-10-9-18-5-3-4-6-19(18)20;3-2(4,5)1(6)7/h3-8,11-15,20H,9-10H2,1-2H3,(H,25,27);(H,6,7)/t20-;/m0./s1. The third kappa shape index (κ3) is 6.72. The summed E-state index contributed by atoms with van der Waals surface area (Å²) < 4.78 is 39.2. The molecule has 0 radical (unpaired) electrons. The summed E-state index contributed by atoms with van der Waals surface area (Å²) in [6.07, 6.45) is 3.97. The summed E-state index contributed by atoms with van der Waals surface area (Å²) in [5.41, 5.74) is 5.31. The van der Waals surface area contributed by atoms with Gasteiger partial charge in [0.2, 0.25) is 5.91 Å². The quantitative estimate of drug-likeness (QED) is 0.512. The molecule has 35 heavy (non-hydrogen) atoms. The fourth-order valence-corrected chi connectivity index (χ4v) is 3.66. The summed E-state index contributed by atoms with van der Waals surface area (Å²) in [6.45, 7) is 1.95. The lowest BCUT2D eigenvalue weighted by molar-refractivity contribution is -0.192. The molecular formula is C25H24F3N3O4. The molecule has 1 aliphatic rings. The SMILES string of the molecule is COc1cc(C=CC(=O)N[C@H]2CCc3ccccc32)ccc1-n1cnc(C)c1.O=C(O)C(F)(F)F. The van der Waals surface area contributed by atoms with Crippen LogP contribution in [0.15, 0.2) is 61.1 Å². The summed E-state index contributed by atoms with van der Waals surface area (Å²) in [6, 6.07) is 14.2. The number of carbonyl (C=O) groups is 2. The van der Waals surface area contributed by atoms with E-state index in [1.165, 1.54) is 11.1 Å². The normalized spacial score (nSPS) is 14.7. The summed E-state index contributed by atoms with van der Waals surface area (Å²) in [5, 5.41) is 10.2. The molecule has 2 N–H and O–H groups in total. The number of nitrogens with zero attached hydrogens (tertiary/aromatic N) is 2. The van der Waals surface area contributed by atoms with E-state index in [9.17, 15) is 18.0 Å². The molecule has 0 saturated heterocycles. The Kier molecular flexibility index (Phi) is 7.95. The molecule has 1 aliphatic carbocycles. The number of alkyl halides is 3. The van der Waals surface area contributed by atoms with Gasteiger partial charge in [-0.2, -0.15) is 13.2 Å². The van der Waals surface area contributed by atoms with Gasteiger partial charge in [-0.3, -0.25) is 4.79 Å². The number of halogens is 3. The van der Waals surface area contributed by atoms with E-state index in [0.29, 0.717) is 0 Å². The highest BCUT2D eigenvalue weighted by Gasteiger charge is 2.38. The highest BCUT2D eigenvalue weighted by atomic mass is 19.4. The van der Waals surface area contributed by atoms with Gasteiger partial charge in [0, 0.05) is 12.3 Å². The van der Waals surface area contributed by atoms with Crippen molar-refractivity contribution in [2.24, 2.45) is 0 Å². The van der Waals surface area contributed by atoms with Gasteiger partial charge >= 0.3 is 12.1 Å². The van der Waals surface area contributed by atoms with Gasteiger partial charge in [-0.05, 0) is 54.7 Å². The molecule has 0 fully saturated rings. The first-order valence-corrected chi connectivity index (χ1v) is 10.6. The Balaban J connectivity index is 0.000000429. The number of hydrogen-bond donors (Lipinski definition) is 2. The van der Waals surface area contributed by atoms with E-state index in [-0.39, 0.29) is 11.9 Å². The molecule has 1 aromatic heterocycles. The van der Waals surface area contributed by atoms with Crippen LogP contribution < -0.4 is 10.1 Å². The monoisotopic (exact) mass is 487 g/mol. The van der Waals surface area contributed by atoms with Crippen molar-refractivity contribution in [3.8, 4) is 11.4 Å². The van der Waals surface area contributed by atoms with Crippen LogP contribution in [0.1, 0.15) is 34.8 Å². The van der Waals surface area contributed by atoms with Crippen LogP contribution in [0.2, 0.25) is 0 Å². The average molecular weight is 487 g/mol. The second-order valence-corrected chi connectivity index (χ2v) is 7.79. The number of rotatable bonds is 5. The number of methoxy groups -OCH3 is 1. The maximum Gasteiger partial charge on any atom is 0.490 e. The van der Waals surface area contributed by atoms with Crippen molar-refractivity contribution in [2.75, 3.05) is 7.11 Å². The number of aryl methyl sites for hydroxylation is 2. The molecule has 1 heterocycles. The molecule has 184 valence electrons. The number of imidazole rings is 1. The Hall–Kier alpha value is -4.08. The third-order valence-corrected chi connectivity index (χ3v) is 5.31. The fraction of sp³-hybridized carbons (Fsp3) is 0.240. The van der Waals surface area contributed by atoms with Gasteiger partial charge in [0.25, 0.3) is 0 Å². The first-order chi connectivity index (χ1) is 16.6. The summed E-state index contributed by atoms with van der Waals surface area (Å²) in [4.78, 5) is 25.5. The molecule has 0 spiro atoms. The first kappa shape index (κ1) is 25.5. The van der Waals surface area contributed by atoms with Crippen molar-refractivity contribution in [1.29, 1.82) is 0 Å². The van der Waals surface area contributed by atoms with E-state index < -0.39 is 12.1 Å². The lowest BCUT2D eigenvalue weighted by atomic mass is 10.1. The fourth-order valence-electron chi connectivity index (χ4n) is 3.66. The van der Waals surface area contributed by atoms with E-state index in [2.05, 4.69) is 22.4 Å². The minimum absolute atomic E-state index is 0.0880. The van der Waals surface area contributed by atoms with Crippen molar-refractivity contribution in [3.63, 3.8) is 0 Å². The molecule has 0 aliphatic heterocycles. The molecule has 0 bridgehead atoms. The van der Waals surface area contributed by atoms with Crippen LogP contribution in [0.4, 0.5) is 13.2 Å². The van der Waals surface area contributed by atoms with Crippen molar-refractivity contribution in [3.05, 3.63) is 83.4 Å². The number of benzene rings is 2. The number of carboxylic acids is 1. The highest BCUT2D eigenvalue weighted by Crippen LogP contribution is 2.30. The Bertz CT molecular complexity index is 1230. The summed E-state index contributed by atoms with van der Waals surface area (Å²) in [7, 11) is 1.64. The molecule has 1 atom stereocenters. The van der Waals surface area contributed by atoms with Crippen molar-refractivity contribution in [1.82, 2.24) is 14.9 Å². The van der Waals surface area contributed by atoms with Gasteiger partial charge in [0.15, 0.2) is 0 Å². The molecule has 4 rings (SSSR count).